The molecule has 0 aliphatic carbocycles. The van der Waals surface area contributed by atoms with E-state index in [0.29, 0.717) is 24.7 Å². The molecule has 10 heteroatoms. The molecule has 0 aliphatic heterocycles. The number of ether oxygens (including phenoxy) is 1. The SMILES string of the molecule is COCCCn1c(SCC(=O)N(C)Cc2c(F)cccc2Cl)n[nH]c1=O. The zero-order chi connectivity index (χ0) is 19.1. The Hall–Kier alpha value is -1.84. The number of rotatable bonds is 9. The number of methoxy groups -OCH3 is 1. The Kier molecular flexibility index (Phi) is 7.67. The number of aromatic nitrogens is 3. The van der Waals surface area contributed by atoms with E-state index >= 15 is 0 Å². The number of nitrogens with zero attached hydrogens (tertiary/aromatic N) is 3. The standard InChI is InChI=1S/C16H20ClFN4O3S/c1-21(9-11-12(17)5-3-6-13(11)18)14(23)10-26-16-20-19-15(24)22(16)7-4-8-25-2/h3,5-6H,4,7-10H2,1-2H3,(H,19,24). The summed E-state index contributed by atoms with van der Waals surface area (Å²) in [5.74, 6) is -0.616. The topological polar surface area (TPSA) is 80.2 Å². The molecule has 0 saturated carbocycles. The summed E-state index contributed by atoms with van der Waals surface area (Å²) in [5.41, 5.74) is -0.0613. The van der Waals surface area contributed by atoms with Crippen LogP contribution in [0.2, 0.25) is 5.02 Å². The van der Waals surface area contributed by atoms with E-state index in [4.69, 9.17) is 16.3 Å². The van der Waals surface area contributed by atoms with Crippen molar-refractivity contribution in [3.05, 3.63) is 45.1 Å². The lowest BCUT2D eigenvalue weighted by atomic mass is 10.2. The van der Waals surface area contributed by atoms with E-state index in [0.717, 1.165) is 11.8 Å². The van der Waals surface area contributed by atoms with Crippen molar-refractivity contribution in [3.8, 4) is 0 Å². The Bertz CT molecular complexity index is 791. The van der Waals surface area contributed by atoms with E-state index in [1.807, 2.05) is 0 Å². The highest BCUT2D eigenvalue weighted by Crippen LogP contribution is 2.21. The molecule has 0 radical (unpaired) electrons. The molecule has 0 spiro atoms. The second-order valence-corrected chi connectivity index (χ2v) is 6.90. The van der Waals surface area contributed by atoms with Gasteiger partial charge in [0.1, 0.15) is 5.82 Å². The number of H-pyrrole nitrogens is 1. The van der Waals surface area contributed by atoms with Gasteiger partial charge in [-0.05, 0) is 18.6 Å². The van der Waals surface area contributed by atoms with Crippen molar-refractivity contribution >= 4 is 29.3 Å². The number of hydrogen-bond acceptors (Lipinski definition) is 5. The molecule has 0 fully saturated rings. The zero-order valence-corrected chi connectivity index (χ0v) is 16.1. The zero-order valence-electron chi connectivity index (χ0n) is 14.5. The summed E-state index contributed by atoms with van der Waals surface area (Å²) >= 11 is 7.13. The van der Waals surface area contributed by atoms with Crippen LogP contribution < -0.4 is 5.69 Å². The van der Waals surface area contributed by atoms with Crippen molar-refractivity contribution in [1.82, 2.24) is 19.7 Å². The van der Waals surface area contributed by atoms with E-state index in [2.05, 4.69) is 10.2 Å². The number of benzene rings is 1. The van der Waals surface area contributed by atoms with Gasteiger partial charge in [-0.1, -0.05) is 29.4 Å². The number of aromatic amines is 1. The third-order valence-corrected chi connectivity index (χ3v) is 4.98. The first kappa shape index (κ1) is 20.5. The predicted octanol–water partition coefficient (Wildman–Crippen LogP) is 2.15. The van der Waals surface area contributed by atoms with E-state index < -0.39 is 5.82 Å². The number of nitrogens with one attached hydrogen (secondary N) is 1. The molecule has 0 aliphatic rings. The summed E-state index contributed by atoms with van der Waals surface area (Å²) in [7, 11) is 3.16. The maximum Gasteiger partial charge on any atom is 0.343 e. The molecule has 1 aromatic heterocycles. The number of amides is 1. The molecule has 1 N–H and O–H groups in total. The Balaban J connectivity index is 1.95. The largest absolute Gasteiger partial charge is 0.385 e. The highest BCUT2D eigenvalue weighted by Gasteiger charge is 2.16. The molecule has 2 aromatic rings. The second-order valence-electron chi connectivity index (χ2n) is 5.55. The molecule has 142 valence electrons. The predicted molar refractivity (Wildman–Crippen MR) is 97.9 cm³/mol. The maximum atomic E-state index is 13.8. The summed E-state index contributed by atoms with van der Waals surface area (Å²) < 4.78 is 20.3. The van der Waals surface area contributed by atoms with Gasteiger partial charge in [0.15, 0.2) is 5.16 Å². The van der Waals surface area contributed by atoms with Gasteiger partial charge in [-0.2, -0.15) is 0 Å². The summed E-state index contributed by atoms with van der Waals surface area (Å²) in [6.45, 7) is 1.03. The first-order valence-electron chi connectivity index (χ1n) is 7.87. The molecule has 0 atom stereocenters. The third-order valence-electron chi connectivity index (χ3n) is 3.66. The molecule has 7 nitrogen and oxygen atoms in total. The van der Waals surface area contributed by atoms with E-state index in [1.54, 1.807) is 20.2 Å². The first-order chi connectivity index (χ1) is 12.4. The quantitative estimate of drug-likeness (QED) is 0.513. The van der Waals surface area contributed by atoms with Crippen LogP contribution in [0.15, 0.2) is 28.2 Å². The molecule has 0 saturated heterocycles. The minimum Gasteiger partial charge on any atom is -0.385 e. The molecule has 2 rings (SSSR count). The van der Waals surface area contributed by atoms with Crippen LogP contribution >= 0.6 is 23.4 Å². The van der Waals surface area contributed by atoms with Gasteiger partial charge in [-0.3, -0.25) is 9.36 Å². The highest BCUT2D eigenvalue weighted by atomic mass is 35.5. The third kappa shape index (κ3) is 5.33. The van der Waals surface area contributed by atoms with Crippen molar-refractivity contribution in [3.63, 3.8) is 0 Å². The lowest BCUT2D eigenvalue weighted by Gasteiger charge is -2.18. The van der Waals surface area contributed by atoms with Gasteiger partial charge in [0.2, 0.25) is 5.91 Å². The lowest BCUT2D eigenvalue weighted by Crippen LogP contribution is -2.28. The lowest BCUT2D eigenvalue weighted by molar-refractivity contribution is -0.127. The molecular weight excluding hydrogens is 383 g/mol. The van der Waals surface area contributed by atoms with Crippen LogP contribution in [0.4, 0.5) is 4.39 Å². The van der Waals surface area contributed by atoms with Crippen molar-refractivity contribution < 1.29 is 13.9 Å². The average molecular weight is 403 g/mol. The van der Waals surface area contributed by atoms with Crippen molar-refractivity contribution in [2.75, 3.05) is 26.5 Å². The van der Waals surface area contributed by atoms with Gasteiger partial charge in [-0.15, -0.1) is 5.10 Å². The molecule has 1 amide bonds. The summed E-state index contributed by atoms with van der Waals surface area (Å²) in [6.07, 6.45) is 0.656. The van der Waals surface area contributed by atoms with Gasteiger partial charge in [-0.25, -0.2) is 14.3 Å². The fourth-order valence-electron chi connectivity index (χ4n) is 2.22. The minimum absolute atomic E-state index is 0.0616. The summed E-state index contributed by atoms with van der Waals surface area (Å²) in [4.78, 5) is 25.5. The number of carbonyl (C=O) groups is 1. The molecule has 1 aromatic carbocycles. The molecule has 0 unspecified atom stereocenters. The monoisotopic (exact) mass is 402 g/mol. The second kappa shape index (κ2) is 9.75. The normalized spacial score (nSPS) is 10.9. The summed E-state index contributed by atoms with van der Waals surface area (Å²) in [5, 5.41) is 7.01. The van der Waals surface area contributed by atoms with E-state index in [1.165, 1.54) is 21.6 Å². The molecule has 0 bridgehead atoms. The first-order valence-corrected chi connectivity index (χ1v) is 9.24. The van der Waals surface area contributed by atoms with Gasteiger partial charge in [0.25, 0.3) is 0 Å². The fourth-order valence-corrected chi connectivity index (χ4v) is 3.36. The summed E-state index contributed by atoms with van der Waals surface area (Å²) in [6, 6.07) is 4.39. The van der Waals surface area contributed by atoms with Crippen LogP contribution in [0.25, 0.3) is 0 Å². The number of carbonyl (C=O) groups excluding carboxylic acids is 1. The molecular formula is C16H20ClFN4O3S. The Labute approximate surface area is 159 Å². The Morgan fingerprint density at radius 2 is 2.27 bits per heavy atom. The number of hydrogen-bond donors (Lipinski definition) is 1. The van der Waals surface area contributed by atoms with Gasteiger partial charge >= 0.3 is 5.69 Å². The fraction of sp³-hybridized carbons (Fsp3) is 0.438. The molecule has 1 heterocycles. The van der Waals surface area contributed by atoms with Crippen LogP contribution in [0.5, 0.6) is 0 Å². The van der Waals surface area contributed by atoms with E-state index in [9.17, 15) is 14.0 Å². The van der Waals surface area contributed by atoms with Crippen molar-refractivity contribution in [1.29, 1.82) is 0 Å². The smallest absolute Gasteiger partial charge is 0.343 e. The van der Waals surface area contributed by atoms with Crippen LogP contribution in [-0.2, 0) is 22.6 Å². The maximum absolute atomic E-state index is 13.8. The average Bonchev–Trinajstić information content (AvgIpc) is 2.96. The van der Waals surface area contributed by atoms with Crippen LogP contribution in [-0.4, -0.2) is 52.1 Å². The van der Waals surface area contributed by atoms with Crippen LogP contribution in [0.3, 0.4) is 0 Å². The van der Waals surface area contributed by atoms with E-state index in [-0.39, 0.29) is 34.5 Å². The van der Waals surface area contributed by atoms with Crippen LogP contribution in [0.1, 0.15) is 12.0 Å². The Morgan fingerprint density at radius 3 is 2.96 bits per heavy atom. The van der Waals surface area contributed by atoms with Gasteiger partial charge in [0.05, 0.1) is 5.75 Å². The molecule has 26 heavy (non-hydrogen) atoms. The number of thioether (sulfide) groups is 1. The minimum atomic E-state index is -0.455. The van der Waals surface area contributed by atoms with Crippen LogP contribution in [0, 0.1) is 5.82 Å². The van der Waals surface area contributed by atoms with Crippen molar-refractivity contribution in [2.45, 2.75) is 24.7 Å². The highest BCUT2D eigenvalue weighted by molar-refractivity contribution is 7.99. The van der Waals surface area contributed by atoms with Crippen molar-refractivity contribution in [2.24, 2.45) is 0 Å². The van der Waals surface area contributed by atoms with Gasteiger partial charge < -0.3 is 9.64 Å². The Morgan fingerprint density at radius 1 is 1.50 bits per heavy atom. The number of halogens is 2. The van der Waals surface area contributed by atoms with Gasteiger partial charge in [0, 0.05) is 44.4 Å².